The summed E-state index contributed by atoms with van der Waals surface area (Å²) in [5, 5.41) is 5.01. The minimum atomic E-state index is -0.117. The molecule has 1 aromatic carbocycles. The number of hydrogen-bond acceptors (Lipinski definition) is 5. The van der Waals surface area contributed by atoms with E-state index in [2.05, 4.69) is 50.9 Å². The van der Waals surface area contributed by atoms with Gasteiger partial charge in [-0.3, -0.25) is 9.20 Å². The highest BCUT2D eigenvalue weighted by Crippen LogP contribution is 2.22. The van der Waals surface area contributed by atoms with Gasteiger partial charge >= 0.3 is 0 Å². The van der Waals surface area contributed by atoms with Crippen molar-refractivity contribution in [1.29, 1.82) is 0 Å². The molecule has 1 aliphatic heterocycles. The van der Waals surface area contributed by atoms with Gasteiger partial charge in [-0.15, -0.1) is 0 Å². The fourth-order valence-corrected chi connectivity index (χ4v) is 4.81. The number of likely N-dealkylation sites (N-methyl/N-ethyl adjacent to an activating group) is 1. The molecule has 2 aromatic heterocycles. The Labute approximate surface area is 199 Å². The lowest BCUT2D eigenvalue weighted by atomic mass is 10.1. The zero-order valence-electron chi connectivity index (χ0n) is 20.0. The Balaban J connectivity index is 1.91. The van der Waals surface area contributed by atoms with Gasteiger partial charge in [0.25, 0.3) is 5.91 Å². The van der Waals surface area contributed by atoms with Gasteiger partial charge in [0.05, 0.1) is 29.1 Å². The van der Waals surface area contributed by atoms with Crippen LogP contribution in [0.5, 0.6) is 5.75 Å². The predicted octanol–water partition coefficient (Wildman–Crippen LogP) is 1.90. The van der Waals surface area contributed by atoms with E-state index in [0.717, 1.165) is 65.6 Å². The topological polar surface area (TPSA) is 62.1 Å². The number of benzene rings is 1. The van der Waals surface area contributed by atoms with Gasteiger partial charge in [-0.1, -0.05) is 18.2 Å². The van der Waals surface area contributed by atoms with Crippen molar-refractivity contribution in [2.24, 2.45) is 0 Å². The molecule has 1 fully saturated rings. The number of rotatable bonds is 4. The van der Waals surface area contributed by atoms with Gasteiger partial charge in [-0.25, -0.2) is 4.98 Å². The standard InChI is InChI=1S/C27H31N5O2/c1-4-28-27(33)21-18-20-23(31-14-8-13-30(2)15-16-31)9-6-5-7-10-24(20)32-25-17-19(34-3)11-12-22(25)29-26(21)32/h5-7,9-12,17-18H,4,8,13-16H2,1-3H3,(H,28,33)/b6-5?,7-5+,9-6-,10-7?,23-9?,23-20+,24-10-. The van der Waals surface area contributed by atoms with E-state index in [1.54, 1.807) is 7.11 Å². The highest BCUT2D eigenvalue weighted by atomic mass is 16.5. The molecule has 5 rings (SSSR count). The molecule has 7 nitrogen and oxygen atoms in total. The maximum absolute atomic E-state index is 13.2. The molecular weight excluding hydrogens is 426 g/mol. The number of nitrogens with one attached hydrogen (secondary N) is 1. The molecule has 3 aromatic rings. The lowest BCUT2D eigenvalue weighted by molar-refractivity contribution is 0.0957. The van der Waals surface area contributed by atoms with E-state index in [1.807, 2.05) is 37.3 Å². The van der Waals surface area contributed by atoms with Gasteiger partial charge in [0.1, 0.15) is 5.75 Å². The summed E-state index contributed by atoms with van der Waals surface area (Å²) in [5.74, 6) is 0.640. The average Bonchev–Trinajstić information content (AvgIpc) is 3.07. The van der Waals surface area contributed by atoms with E-state index in [1.165, 1.54) is 0 Å². The lowest BCUT2D eigenvalue weighted by Crippen LogP contribution is -2.40. The number of methoxy groups -OCH3 is 1. The second-order valence-electron chi connectivity index (χ2n) is 8.78. The molecule has 1 N–H and O–H groups in total. The zero-order valence-corrected chi connectivity index (χ0v) is 20.0. The smallest absolute Gasteiger partial charge is 0.255 e. The van der Waals surface area contributed by atoms with E-state index in [-0.39, 0.29) is 5.91 Å². The molecule has 34 heavy (non-hydrogen) atoms. The van der Waals surface area contributed by atoms with Crippen LogP contribution in [0.25, 0.3) is 28.5 Å². The van der Waals surface area contributed by atoms with Gasteiger partial charge in [-0.05, 0) is 57.3 Å². The van der Waals surface area contributed by atoms with Crippen LogP contribution in [0.15, 0.2) is 48.6 Å². The molecule has 1 saturated heterocycles. The summed E-state index contributed by atoms with van der Waals surface area (Å²) >= 11 is 0. The number of imidazole rings is 1. The Morgan fingerprint density at radius 1 is 1.12 bits per heavy atom. The first-order valence-electron chi connectivity index (χ1n) is 11.9. The van der Waals surface area contributed by atoms with Crippen molar-refractivity contribution in [2.45, 2.75) is 13.3 Å². The highest BCUT2D eigenvalue weighted by Gasteiger charge is 2.20. The van der Waals surface area contributed by atoms with Crippen molar-refractivity contribution in [3.05, 3.63) is 64.7 Å². The lowest BCUT2D eigenvalue weighted by Gasteiger charge is -2.25. The molecule has 0 saturated carbocycles. The molecule has 0 unspecified atom stereocenters. The molecule has 7 heteroatoms. The van der Waals surface area contributed by atoms with E-state index >= 15 is 0 Å². The van der Waals surface area contributed by atoms with Crippen molar-refractivity contribution in [3.8, 4) is 5.75 Å². The van der Waals surface area contributed by atoms with E-state index in [0.29, 0.717) is 17.8 Å². The summed E-state index contributed by atoms with van der Waals surface area (Å²) in [6, 6.07) is 7.86. The van der Waals surface area contributed by atoms with Crippen molar-refractivity contribution >= 4 is 34.4 Å². The number of pyridine rings is 1. The van der Waals surface area contributed by atoms with Crippen LogP contribution in [0, 0.1) is 0 Å². The fraction of sp³-hybridized carbons (Fsp3) is 0.333. The quantitative estimate of drug-likeness (QED) is 0.649. The Hall–Kier alpha value is -3.58. The molecule has 1 aliphatic carbocycles. The number of fused-ring (bicyclic) bond motifs is 5. The van der Waals surface area contributed by atoms with Crippen LogP contribution >= 0.6 is 0 Å². The van der Waals surface area contributed by atoms with Gasteiger partial charge < -0.3 is 19.9 Å². The molecule has 2 aliphatic rings. The number of nitrogens with zero attached hydrogens (tertiary/aromatic N) is 4. The molecule has 0 spiro atoms. The number of carbonyl (C=O) groups excluding carboxylic acids is 1. The number of ether oxygens (including phenoxy) is 1. The van der Waals surface area contributed by atoms with Crippen molar-refractivity contribution in [1.82, 2.24) is 24.5 Å². The van der Waals surface area contributed by atoms with Crippen LogP contribution in [-0.4, -0.2) is 72.0 Å². The highest BCUT2D eigenvalue weighted by molar-refractivity contribution is 6.01. The number of hydrogen-bond donors (Lipinski definition) is 1. The van der Waals surface area contributed by atoms with Crippen molar-refractivity contribution in [3.63, 3.8) is 0 Å². The van der Waals surface area contributed by atoms with Crippen molar-refractivity contribution < 1.29 is 9.53 Å². The minimum Gasteiger partial charge on any atom is -0.497 e. The Morgan fingerprint density at radius 2 is 2.00 bits per heavy atom. The van der Waals surface area contributed by atoms with Gasteiger partial charge in [0, 0.05) is 43.2 Å². The van der Waals surface area contributed by atoms with Gasteiger partial charge in [-0.2, -0.15) is 0 Å². The first kappa shape index (κ1) is 22.2. The number of carbonyl (C=O) groups is 1. The molecule has 0 radical (unpaired) electrons. The summed E-state index contributed by atoms with van der Waals surface area (Å²) in [5.41, 5.74) is 4.10. The summed E-state index contributed by atoms with van der Waals surface area (Å²) in [4.78, 5) is 22.9. The van der Waals surface area contributed by atoms with Crippen LogP contribution < -0.4 is 20.6 Å². The Kier molecular flexibility index (Phi) is 6.11. The first-order chi connectivity index (χ1) is 16.6. The second kappa shape index (κ2) is 9.35. The molecule has 1 amide bonds. The third-order valence-corrected chi connectivity index (χ3v) is 6.56. The van der Waals surface area contributed by atoms with Gasteiger partial charge in [0.2, 0.25) is 0 Å². The monoisotopic (exact) mass is 457 g/mol. The summed E-state index contributed by atoms with van der Waals surface area (Å²) < 4.78 is 7.61. The zero-order chi connectivity index (χ0) is 23.7. The van der Waals surface area contributed by atoms with Crippen LogP contribution in [0.4, 0.5) is 0 Å². The Morgan fingerprint density at radius 3 is 2.82 bits per heavy atom. The van der Waals surface area contributed by atoms with Crippen LogP contribution in [0.1, 0.15) is 23.7 Å². The van der Waals surface area contributed by atoms with E-state index in [4.69, 9.17) is 9.72 Å². The SMILES string of the molecule is CCNC(=O)c1cc2/c(n3c1nc1ccc(OC)cc13)=C/C=C/C=C\C=2N1CCCN(C)CC1. The maximum atomic E-state index is 13.2. The van der Waals surface area contributed by atoms with Crippen molar-refractivity contribution in [2.75, 3.05) is 46.9 Å². The largest absolute Gasteiger partial charge is 0.497 e. The predicted molar refractivity (Wildman–Crippen MR) is 136 cm³/mol. The second-order valence-corrected chi connectivity index (χ2v) is 8.78. The minimum absolute atomic E-state index is 0.117. The van der Waals surface area contributed by atoms with E-state index in [9.17, 15) is 4.79 Å². The molecule has 0 bridgehead atoms. The molecule has 0 atom stereocenters. The van der Waals surface area contributed by atoms with Crippen LogP contribution in [-0.2, 0) is 0 Å². The third kappa shape index (κ3) is 3.96. The third-order valence-electron chi connectivity index (χ3n) is 6.56. The normalized spacial score (nSPS) is 21.1. The number of amides is 1. The Bertz CT molecular complexity index is 1430. The van der Waals surface area contributed by atoms with Crippen LogP contribution in [0.2, 0.25) is 0 Å². The fourth-order valence-electron chi connectivity index (χ4n) is 4.81. The first-order valence-corrected chi connectivity index (χ1v) is 11.9. The van der Waals surface area contributed by atoms with E-state index < -0.39 is 0 Å². The van der Waals surface area contributed by atoms with Crippen LogP contribution in [0.3, 0.4) is 0 Å². The summed E-state index contributed by atoms with van der Waals surface area (Å²) in [7, 11) is 3.84. The molecule has 176 valence electrons. The van der Waals surface area contributed by atoms with Gasteiger partial charge in [0.15, 0.2) is 5.65 Å². The average molecular weight is 458 g/mol. The molecule has 3 heterocycles. The molecular formula is C27H31N5O2. The summed E-state index contributed by atoms with van der Waals surface area (Å²) in [6.45, 7) is 6.49. The maximum Gasteiger partial charge on any atom is 0.255 e. The number of allylic oxidation sites excluding steroid dienone is 3. The summed E-state index contributed by atoms with van der Waals surface area (Å²) in [6.07, 6.45) is 11.5. The number of aromatic nitrogens is 2.